The van der Waals surface area contributed by atoms with Crippen molar-refractivity contribution in [3.63, 3.8) is 0 Å². The molecule has 1 heterocycles. The van der Waals surface area contributed by atoms with Crippen LogP contribution in [0.4, 0.5) is 17.8 Å². The smallest absolute Gasteiger partial charge is 0.229 e. The number of aromatic nitrogens is 3. The van der Waals surface area contributed by atoms with E-state index in [0.717, 1.165) is 32.4 Å². The SMILES string of the molecule is CCCCCNc1nc(N)nc(NCCCC)n1. The number of hydrogen-bond acceptors (Lipinski definition) is 6. The Labute approximate surface area is 109 Å². The molecule has 1 aromatic rings. The molecule has 0 radical (unpaired) electrons. The largest absolute Gasteiger partial charge is 0.368 e. The van der Waals surface area contributed by atoms with Crippen molar-refractivity contribution in [3.05, 3.63) is 0 Å². The standard InChI is InChI=1S/C12H24N6/c1-3-5-7-9-15-12-17-10(13)16-11(18-12)14-8-6-4-2/h3-9H2,1-2H3,(H4,13,14,15,16,17,18). The number of hydrogen-bond donors (Lipinski definition) is 3. The van der Waals surface area contributed by atoms with Gasteiger partial charge in [-0.2, -0.15) is 15.0 Å². The average Bonchev–Trinajstić information content (AvgIpc) is 2.34. The van der Waals surface area contributed by atoms with Crippen LogP contribution in [0.25, 0.3) is 0 Å². The summed E-state index contributed by atoms with van der Waals surface area (Å²) in [5, 5.41) is 6.32. The third-order valence-electron chi connectivity index (χ3n) is 2.53. The van der Waals surface area contributed by atoms with Gasteiger partial charge in [0.1, 0.15) is 0 Å². The van der Waals surface area contributed by atoms with E-state index >= 15 is 0 Å². The fourth-order valence-electron chi connectivity index (χ4n) is 1.50. The lowest BCUT2D eigenvalue weighted by atomic mass is 10.2. The lowest BCUT2D eigenvalue weighted by molar-refractivity contribution is 0.740. The second-order valence-electron chi connectivity index (χ2n) is 4.26. The average molecular weight is 252 g/mol. The molecule has 0 aliphatic heterocycles. The third-order valence-corrected chi connectivity index (χ3v) is 2.53. The van der Waals surface area contributed by atoms with Crippen LogP contribution >= 0.6 is 0 Å². The molecule has 6 nitrogen and oxygen atoms in total. The van der Waals surface area contributed by atoms with Crippen LogP contribution in [0.15, 0.2) is 0 Å². The van der Waals surface area contributed by atoms with Gasteiger partial charge in [-0.05, 0) is 12.8 Å². The molecule has 1 rings (SSSR count). The van der Waals surface area contributed by atoms with E-state index in [9.17, 15) is 0 Å². The summed E-state index contributed by atoms with van der Waals surface area (Å²) in [5.41, 5.74) is 5.65. The molecule has 18 heavy (non-hydrogen) atoms. The Morgan fingerprint density at radius 2 is 1.39 bits per heavy atom. The maximum atomic E-state index is 5.65. The molecule has 0 aromatic carbocycles. The van der Waals surface area contributed by atoms with E-state index in [2.05, 4.69) is 39.4 Å². The Morgan fingerprint density at radius 3 is 1.94 bits per heavy atom. The van der Waals surface area contributed by atoms with Crippen molar-refractivity contribution in [2.75, 3.05) is 29.5 Å². The van der Waals surface area contributed by atoms with Crippen LogP contribution < -0.4 is 16.4 Å². The minimum atomic E-state index is 0.252. The number of rotatable bonds is 9. The molecule has 0 aliphatic carbocycles. The van der Waals surface area contributed by atoms with Gasteiger partial charge in [0.05, 0.1) is 0 Å². The minimum Gasteiger partial charge on any atom is -0.368 e. The lowest BCUT2D eigenvalue weighted by Gasteiger charge is -2.08. The maximum absolute atomic E-state index is 5.65. The summed E-state index contributed by atoms with van der Waals surface area (Å²) < 4.78 is 0. The van der Waals surface area contributed by atoms with Crippen LogP contribution in [0.3, 0.4) is 0 Å². The highest BCUT2D eigenvalue weighted by Gasteiger charge is 2.03. The van der Waals surface area contributed by atoms with E-state index in [1.165, 1.54) is 12.8 Å². The Bertz CT molecular complexity index is 341. The summed E-state index contributed by atoms with van der Waals surface area (Å²) in [6.45, 7) is 6.04. The molecule has 0 saturated carbocycles. The monoisotopic (exact) mass is 252 g/mol. The zero-order valence-corrected chi connectivity index (χ0v) is 11.4. The highest BCUT2D eigenvalue weighted by molar-refractivity contribution is 5.39. The van der Waals surface area contributed by atoms with Crippen molar-refractivity contribution < 1.29 is 0 Å². The number of nitrogens with two attached hydrogens (primary N) is 1. The van der Waals surface area contributed by atoms with Gasteiger partial charge in [-0.15, -0.1) is 0 Å². The van der Waals surface area contributed by atoms with E-state index in [0.29, 0.717) is 11.9 Å². The Kier molecular flexibility index (Phi) is 6.83. The van der Waals surface area contributed by atoms with Gasteiger partial charge in [-0.25, -0.2) is 0 Å². The normalized spacial score (nSPS) is 10.3. The van der Waals surface area contributed by atoms with Crippen LogP contribution in [-0.4, -0.2) is 28.0 Å². The first kappa shape index (κ1) is 14.5. The van der Waals surface area contributed by atoms with Gasteiger partial charge in [-0.1, -0.05) is 33.1 Å². The Balaban J connectivity index is 2.46. The van der Waals surface area contributed by atoms with Crippen molar-refractivity contribution in [2.45, 2.75) is 46.0 Å². The number of nitrogen functional groups attached to an aromatic ring is 1. The van der Waals surface area contributed by atoms with E-state index in [4.69, 9.17) is 5.73 Å². The zero-order valence-electron chi connectivity index (χ0n) is 11.4. The second-order valence-corrected chi connectivity index (χ2v) is 4.26. The lowest BCUT2D eigenvalue weighted by Crippen LogP contribution is -2.12. The fourth-order valence-corrected chi connectivity index (χ4v) is 1.50. The topological polar surface area (TPSA) is 88.8 Å². The molecule has 1 aromatic heterocycles. The van der Waals surface area contributed by atoms with Gasteiger partial charge in [0.25, 0.3) is 0 Å². The fraction of sp³-hybridized carbons (Fsp3) is 0.750. The number of unbranched alkanes of at least 4 members (excludes halogenated alkanes) is 3. The maximum Gasteiger partial charge on any atom is 0.229 e. The predicted molar refractivity (Wildman–Crippen MR) is 75.7 cm³/mol. The molecular weight excluding hydrogens is 228 g/mol. The third kappa shape index (κ3) is 5.65. The van der Waals surface area contributed by atoms with Crippen LogP contribution in [0.1, 0.15) is 46.0 Å². The summed E-state index contributed by atoms with van der Waals surface area (Å²) in [7, 11) is 0. The molecular formula is C12H24N6. The molecule has 0 unspecified atom stereocenters. The summed E-state index contributed by atoms with van der Waals surface area (Å²) in [6.07, 6.45) is 5.74. The molecule has 0 fully saturated rings. The molecule has 0 bridgehead atoms. The summed E-state index contributed by atoms with van der Waals surface area (Å²) in [6, 6.07) is 0. The van der Waals surface area contributed by atoms with Crippen molar-refractivity contribution >= 4 is 17.8 Å². The number of anilines is 3. The van der Waals surface area contributed by atoms with Gasteiger partial charge in [0.15, 0.2) is 0 Å². The van der Waals surface area contributed by atoms with E-state index < -0.39 is 0 Å². The first-order valence-electron chi connectivity index (χ1n) is 6.75. The van der Waals surface area contributed by atoms with E-state index in [1.54, 1.807) is 0 Å². The zero-order chi connectivity index (χ0) is 13.2. The summed E-state index contributed by atoms with van der Waals surface area (Å²) in [4.78, 5) is 12.4. The van der Waals surface area contributed by atoms with Gasteiger partial charge < -0.3 is 16.4 Å². The Hall–Kier alpha value is -1.59. The van der Waals surface area contributed by atoms with Crippen molar-refractivity contribution in [1.82, 2.24) is 15.0 Å². The predicted octanol–water partition coefficient (Wildman–Crippen LogP) is 2.27. The summed E-state index contributed by atoms with van der Waals surface area (Å²) >= 11 is 0. The van der Waals surface area contributed by atoms with Crippen LogP contribution in [0, 0.1) is 0 Å². The first-order chi connectivity index (χ1) is 8.76. The molecule has 102 valence electrons. The van der Waals surface area contributed by atoms with Crippen molar-refractivity contribution in [2.24, 2.45) is 0 Å². The second kappa shape index (κ2) is 8.49. The van der Waals surface area contributed by atoms with Gasteiger partial charge in [0.2, 0.25) is 17.8 Å². The highest BCUT2D eigenvalue weighted by atomic mass is 15.2. The molecule has 6 heteroatoms. The molecule has 0 saturated heterocycles. The molecule has 0 atom stereocenters. The molecule has 4 N–H and O–H groups in total. The van der Waals surface area contributed by atoms with E-state index in [-0.39, 0.29) is 5.95 Å². The van der Waals surface area contributed by atoms with Crippen molar-refractivity contribution in [1.29, 1.82) is 0 Å². The van der Waals surface area contributed by atoms with Gasteiger partial charge >= 0.3 is 0 Å². The van der Waals surface area contributed by atoms with Gasteiger partial charge in [0, 0.05) is 13.1 Å². The molecule has 0 aliphatic rings. The van der Waals surface area contributed by atoms with Crippen molar-refractivity contribution in [3.8, 4) is 0 Å². The molecule has 0 spiro atoms. The quantitative estimate of drug-likeness (QED) is 0.584. The number of nitrogens with one attached hydrogen (secondary N) is 2. The minimum absolute atomic E-state index is 0.252. The summed E-state index contributed by atoms with van der Waals surface area (Å²) in [5.74, 6) is 1.36. The van der Waals surface area contributed by atoms with Crippen LogP contribution in [0.2, 0.25) is 0 Å². The van der Waals surface area contributed by atoms with Crippen LogP contribution in [0.5, 0.6) is 0 Å². The first-order valence-corrected chi connectivity index (χ1v) is 6.75. The van der Waals surface area contributed by atoms with Gasteiger partial charge in [-0.3, -0.25) is 0 Å². The molecule has 0 amide bonds. The van der Waals surface area contributed by atoms with Crippen LogP contribution in [-0.2, 0) is 0 Å². The number of nitrogens with zero attached hydrogens (tertiary/aromatic N) is 3. The highest BCUT2D eigenvalue weighted by Crippen LogP contribution is 2.07. The Morgan fingerprint density at radius 1 is 0.833 bits per heavy atom. The van der Waals surface area contributed by atoms with E-state index in [1.807, 2.05) is 0 Å².